The van der Waals surface area contributed by atoms with E-state index in [9.17, 15) is 10.0 Å². The average Bonchev–Trinajstić information content (AvgIpc) is 3.91. The van der Waals surface area contributed by atoms with Crippen LogP contribution in [0.3, 0.4) is 0 Å². The summed E-state index contributed by atoms with van der Waals surface area (Å²) in [7, 11) is -1.49. The molecule has 12 rings (SSSR count). The second-order valence-corrected chi connectivity index (χ2v) is 19.1. The first-order chi connectivity index (χ1) is 33.4. The van der Waals surface area contributed by atoms with Gasteiger partial charge in [0.05, 0.1) is 22.1 Å². The summed E-state index contributed by atoms with van der Waals surface area (Å²) in [6.07, 6.45) is 0. The lowest BCUT2D eigenvalue weighted by atomic mass is 9.75. The molecule has 0 fully saturated rings. The molecule has 0 aliphatic rings. The molecule has 0 radical (unpaired) electrons. The van der Waals surface area contributed by atoms with Gasteiger partial charge in [0.1, 0.15) is 0 Å². The number of hydrogen-bond donors (Lipinski definition) is 2. The molecule has 2 aromatic heterocycles. The predicted molar refractivity (Wildman–Crippen MR) is 302 cm³/mol. The quantitative estimate of drug-likeness (QED) is 0.129. The Morgan fingerprint density at radius 2 is 0.662 bits per heavy atom. The first kappa shape index (κ1) is 45.3. The van der Waals surface area contributed by atoms with Crippen LogP contribution in [0.5, 0.6) is 0 Å². The van der Waals surface area contributed by atoms with E-state index in [2.05, 4.69) is 252 Å². The standard InChI is InChI=1S/C30H20BrN.C24H18BNO2.C6H4BrI/c31-28-14-6-3-11-25(28)24-10-2-1-9-23(24)21-17-19-22(20-18-21)32-29-15-7-4-12-26(29)27-13-5-8-16-30(27)32;27-25(28)22-10-4-1-7-19(22)17-13-15-18(16-14-17)26-23-11-5-2-8-20(23)21-9-3-6-12-24(21)26;7-5-3-1-2-4-6(5)8/h1-20H;1-16,27-28H;1-4H. The highest BCUT2D eigenvalue weighted by molar-refractivity contribution is 14.1. The summed E-state index contributed by atoms with van der Waals surface area (Å²) in [5.41, 5.74) is 14.2. The molecule has 0 bridgehead atoms. The van der Waals surface area contributed by atoms with E-state index in [1.807, 2.05) is 48.5 Å². The molecule has 0 spiro atoms. The molecule has 0 aliphatic heterocycles. The van der Waals surface area contributed by atoms with Crippen molar-refractivity contribution in [1.29, 1.82) is 0 Å². The Balaban J connectivity index is 0.000000137. The molecule has 0 saturated heterocycles. The molecule has 12 aromatic rings. The predicted octanol–water partition coefficient (Wildman–Crippen LogP) is 16.1. The van der Waals surface area contributed by atoms with Gasteiger partial charge in [-0.15, -0.1) is 0 Å². The van der Waals surface area contributed by atoms with Crippen LogP contribution < -0.4 is 5.46 Å². The summed E-state index contributed by atoms with van der Waals surface area (Å²) in [6, 6.07) is 83.7. The highest BCUT2D eigenvalue weighted by Crippen LogP contribution is 2.38. The smallest absolute Gasteiger partial charge is 0.423 e. The normalized spacial score (nSPS) is 11.0. The Hall–Kier alpha value is -6.53. The van der Waals surface area contributed by atoms with E-state index in [0.717, 1.165) is 21.3 Å². The van der Waals surface area contributed by atoms with Gasteiger partial charge in [0.25, 0.3) is 0 Å². The summed E-state index contributed by atoms with van der Waals surface area (Å²) < 4.78 is 8.15. The lowest BCUT2D eigenvalue weighted by Crippen LogP contribution is -2.31. The number of nitrogens with zero attached hydrogens (tertiary/aromatic N) is 2. The van der Waals surface area contributed by atoms with Crippen LogP contribution in [-0.4, -0.2) is 26.3 Å². The molecule has 0 atom stereocenters. The van der Waals surface area contributed by atoms with Crippen molar-refractivity contribution in [1.82, 2.24) is 9.13 Å². The second kappa shape index (κ2) is 20.4. The largest absolute Gasteiger partial charge is 0.489 e. The van der Waals surface area contributed by atoms with Crippen molar-refractivity contribution < 1.29 is 10.0 Å². The maximum Gasteiger partial charge on any atom is 0.489 e. The van der Waals surface area contributed by atoms with Crippen molar-refractivity contribution in [3.8, 4) is 44.8 Å². The van der Waals surface area contributed by atoms with Crippen LogP contribution in [0.25, 0.3) is 88.4 Å². The number of benzene rings is 10. The Kier molecular flexibility index (Phi) is 13.6. The number of halogens is 3. The molecule has 10 aromatic carbocycles. The van der Waals surface area contributed by atoms with E-state index in [1.165, 1.54) is 79.6 Å². The zero-order chi connectivity index (χ0) is 46.6. The molecule has 68 heavy (non-hydrogen) atoms. The maximum atomic E-state index is 9.66. The molecule has 0 saturated carbocycles. The average molecular weight is 1120 g/mol. The SMILES string of the molecule is Brc1ccccc1-c1ccccc1-c1ccc(-n2c3ccccc3c3ccccc32)cc1.Brc1ccccc1I.OB(O)c1ccccc1-c1ccc(-n2c3ccccc3c3ccccc32)cc1. The van der Waals surface area contributed by atoms with Gasteiger partial charge in [-0.3, -0.25) is 0 Å². The van der Waals surface area contributed by atoms with Crippen molar-refractivity contribution >= 4 is 111 Å². The van der Waals surface area contributed by atoms with E-state index in [0.29, 0.717) is 5.46 Å². The molecule has 328 valence electrons. The van der Waals surface area contributed by atoms with E-state index < -0.39 is 7.12 Å². The van der Waals surface area contributed by atoms with Crippen LogP contribution in [0.15, 0.2) is 252 Å². The Bertz CT molecular complexity index is 3590. The number of aromatic nitrogens is 2. The molecule has 2 N–H and O–H groups in total. The molecule has 0 aliphatic carbocycles. The third kappa shape index (κ3) is 9.10. The highest BCUT2D eigenvalue weighted by atomic mass is 127. The summed E-state index contributed by atoms with van der Waals surface area (Å²) in [6.45, 7) is 0. The van der Waals surface area contributed by atoms with Gasteiger partial charge >= 0.3 is 7.12 Å². The molecule has 0 amide bonds. The maximum absolute atomic E-state index is 9.66. The monoisotopic (exact) mass is 1120 g/mol. The van der Waals surface area contributed by atoms with Gasteiger partial charge in [0, 0.05) is 45.4 Å². The lowest BCUT2D eigenvalue weighted by molar-refractivity contribution is 0.426. The number of fused-ring (bicyclic) bond motifs is 6. The topological polar surface area (TPSA) is 50.3 Å². The van der Waals surface area contributed by atoms with Gasteiger partial charge in [-0.05, 0) is 144 Å². The molecule has 8 heteroatoms. The van der Waals surface area contributed by atoms with Gasteiger partial charge in [-0.25, -0.2) is 0 Å². The van der Waals surface area contributed by atoms with E-state index in [1.54, 1.807) is 6.07 Å². The van der Waals surface area contributed by atoms with Crippen LogP contribution in [0.2, 0.25) is 0 Å². The Morgan fingerprint density at radius 1 is 0.324 bits per heavy atom. The van der Waals surface area contributed by atoms with Crippen LogP contribution in [0.4, 0.5) is 0 Å². The van der Waals surface area contributed by atoms with Gasteiger partial charge in [-0.2, -0.15) is 0 Å². The van der Waals surface area contributed by atoms with Gasteiger partial charge in [0.2, 0.25) is 0 Å². The fraction of sp³-hybridized carbons (Fsp3) is 0. The zero-order valence-electron chi connectivity index (χ0n) is 36.6. The molecule has 2 heterocycles. The highest BCUT2D eigenvalue weighted by Gasteiger charge is 2.18. The third-order valence-electron chi connectivity index (χ3n) is 12.2. The van der Waals surface area contributed by atoms with Gasteiger partial charge < -0.3 is 19.2 Å². The van der Waals surface area contributed by atoms with Crippen molar-refractivity contribution in [2.24, 2.45) is 0 Å². The molecular weight excluding hydrogens is 1080 g/mol. The molecule has 0 unspecified atom stereocenters. The molecular formula is C60H42BBr2IN2O2. The number of rotatable bonds is 6. The van der Waals surface area contributed by atoms with Crippen LogP contribution in [-0.2, 0) is 0 Å². The molecule has 4 nitrogen and oxygen atoms in total. The van der Waals surface area contributed by atoms with Crippen molar-refractivity contribution in [2.75, 3.05) is 0 Å². The summed E-state index contributed by atoms with van der Waals surface area (Å²) in [4.78, 5) is 0. The minimum Gasteiger partial charge on any atom is -0.423 e. The summed E-state index contributed by atoms with van der Waals surface area (Å²) >= 11 is 9.39. The summed E-state index contributed by atoms with van der Waals surface area (Å²) in [5.74, 6) is 0. The van der Waals surface area contributed by atoms with Crippen molar-refractivity contribution in [2.45, 2.75) is 0 Å². The van der Waals surface area contributed by atoms with Crippen LogP contribution in [0, 0.1) is 3.57 Å². The van der Waals surface area contributed by atoms with Crippen molar-refractivity contribution in [3.05, 3.63) is 255 Å². The van der Waals surface area contributed by atoms with Gasteiger partial charge in [0.15, 0.2) is 0 Å². The van der Waals surface area contributed by atoms with E-state index >= 15 is 0 Å². The van der Waals surface area contributed by atoms with Gasteiger partial charge in [-0.1, -0.05) is 192 Å². The number of hydrogen-bond acceptors (Lipinski definition) is 2. The zero-order valence-corrected chi connectivity index (χ0v) is 41.9. The lowest BCUT2D eigenvalue weighted by Gasteiger charge is -2.13. The first-order valence-electron chi connectivity index (χ1n) is 22.2. The fourth-order valence-electron chi connectivity index (χ4n) is 9.06. The first-order valence-corrected chi connectivity index (χ1v) is 24.9. The van der Waals surface area contributed by atoms with Crippen molar-refractivity contribution in [3.63, 3.8) is 0 Å². The fourth-order valence-corrected chi connectivity index (χ4v) is 10.2. The summed E-state index contributed by atoms with van der Waals surface area (Å²) in [5, 5.41) is 24.3. The number of para-hydroxylation sites is 4. The minimum absolute atomic E-state index is 0.507. The Morgan fingerprint density at radius 3 is 1.07 bits per heavy atom. The minimum atomic E-state index is -1.49. The van der Waals surface area contributed by atoms with E-state index in [4.69, 9.17) is 0 Å². The van der Waals surface area contributed by atoms with E-state index in [-0.39, 0.29) is 0 Å². The second-order valence-electron chi connectivity index (χ2n) is 16.2. The van der Waals surface area contributed by atoms with Crippen LogP contribution in [0.1, 0.15) is 0 Å². The Labute approximate surface area is 426 Å². The van der Waals surface area contributed by atoms with Crippen LogP contribution >= 0.6 is 54.5 Å². The third-order valence-corrected chi connectivity index (χ3v) is 15.3.